The Hall–Kier alpha value is -3.54. The Kier molecular flexibility index (Phi) is 6.46. The first-order valence-corrected chi connectivity index (χ1v) is 8.92. The van der Waals surface area contributed by atoms with Gasteiger partial charge in [0.1, 0.15) is 17.3 Å². The first-order chi connectivity index (χ1) is 13.7. The summed E-state index contributed by atoms with van der Waals surface area (Å²) in [7, 11) is 3.27. The van der Waals surface area contributed by atoms with Crippen molar-refractivity contribution in [2.75, 3.05) is 19.5 Å². The summed E-state index contributed by atoms with van der Waals surface area (Å²) >= 11 is 0. The number of pyridine rings is 1. The summed E-state index contributed by atoms with van der Waals surface area (Å²) in [6.45, 7) is 0.989. The molecular weight excluding hydrogens is 354 g/mol. The van der Waals surface area contributed by atoms with Gasteiger partial charge in [-0.3, -0.25) is 4.79 Å². The van der Waals surface area contributed by atoms with Gasteiger partial charge in [0.2, 0.25) is 0 Å². The number of rotatable bonds is 8. The van der Waals surface area contributed by atoms with Crippen LogP contribution in [0.4, 0.5) is 5.82 Å². The smallest absolute Gasteiger partial charge is 0.251 e. The van der Waals surface area contributed by atoms with E-state index in [1.807, 2.05) is 48.5 Å². The minimum absolute atomic E-state index is 0.154. The van der Waals surface area contributed by atoms with E-state index >= 15 is 0 Å². The van der Waals surface area contributed by atoms with Crippen LogP contribution in [0, 0.1) is 0 Å². The molecule has 0 aliphatic rings. The van der Waals surface area contributed by atoms with Crippen LogP contribution in [-0.4, -0.2) is 25.1 Å². The number of ether oxygens (including phenoxy) is 2. The van der Waals surface area contributed by atoms with E-state index in [-0.39, 0.29) is 5.91 Å². The maximum absolute atomic E-state index is 12.5. The fourth-order valence-corrected chi connectivity index (χ4v) is 2.73. The van der Waals surface area contributed by atoms with Crippen molar-refractivity contribution < 1.29 is 14.3 Å². The van der Waals surface area contributed by atoms with Crippen molar-refractivity contribution in [3.63, 3.8) is 0 Å². The quantitative estimate of drug-likeness (QED) is 0.627. The zero-order valence-electron chi connectivity index (χ0n) is 15.9. The van der Waals surface area contributed by atoms with Crippen LogP contribution in [0.1, 0.15) is 21.5 Å². The van der Waals surface area contributed by atoms with Crippen molar-refractivity contribution in [3.05, 3.63) is 83.6 Å². The molecule has 3 rings (SSSR count). The molecule has 6 nitrogen and oxygen atoms in total. The third-order valence-electron chi connectivity index (χ3n) is 4.29. The van der Waals surface area contributed by atoms with Gasteiger partial charge in [0.15, 0.2) is 0 Å². The predicted molar refractivity (Wildman–Crippen MR) is 109 cm³/mol. The van der Waals surface area contributed by atoms with E-state index in [2.05, 4.69) is 15.6 Å². The van der Waals surface area contributed by atoms with Crippen molar-refractivity contribution in [1.29, 1.82) is 0 Å². The Morgan fingerprint density at radius 2 is 1.75 bits per heavy atom. The van der Waals surface area contributed by atoms with E-state index in [0.717, 1.165) is 22.6 Å². The Morgan fingerprint density at radius 3 is 2.50 bits per heavy atom. The predicted octanol–water partition coefficient (Wildman–Crippen LogP) is 3.64. The normalized spacial score (nSPS) is 10.2. The molecule has 0 unspecified atom stereocenters. The topological polar surface area (TPSA) is 72.5 Å². The third-order valence-corrected chi connectivity index (χ3v) is 4.29. The monoisotopic (exact) mass is 377 g/mol. The van der Waals surface area contributed by atoms with Gasteiger partial charge in [0.05, 0.1) is 14.2 Å². The van der Waals surface area contributed by atoms with Crippen LogP contribution in [0.25, 0.3) is 0 Å². The number of para-hydroxylation sites is 1. The number of benzene rings is 2. The average molecular weight is 377 g/mol. The zero-order valence-corrected chi connectivity index (χ0v) is 15.9. The molecule has 2 aromatic carbocycles. The summed E-state index contributed by atoms with van der Waals surface area (Å²) < 4.78 is 10.5. The number of hydrogen-bond acceptors (Lipinski definition) is 5. The average Bonchev–Trinajstić information content (AvgIpc) is 2.76. The molecule has 1 aromatic heterocycles. The van der Waals surface area contributed by atoms with Gasteiger partial charge in [0, 0.05) is 30.4 Å². The first-order valence-electron chi connectivity index (χ1n) is 8.92. The Balaban J connectivity index is 1.59. The van der Waals surface area contributed by atoms with Gasteiger partial charge in [-0.05, 0) is 35.9 Å². The lowest BCUT2D eigenvalue weighted by Crippen LogP contribution is -2.23. The number of nitrogens with one attached hydrogen (secondary N) is 2. The molecule has 0 saturated heterocycles. The second-order valence-corrected chi connectivity index (χ2v) is 6.13. The van der Waals surface area contributed by atoms with Crippen molar-refractivity contribution in [2.24, 2.45) is 0 Å². The first kappa shape index (κ1) is 19.2. The highest BCUT2D eigenvalue weighted by molar-refractivity contribution is 5.94. The highest BCUT2D eigenvalue weighted by Crippen LogP contribution is 2.18. The van der Waals surface area contributed by atoms with Crippen molar-refractivity contribution >= 4 is 11.7 Å². The minimum atomic E-state index is -0.154. The van der Waals surface area contributed by atoms with Crippen LogP contribution in [0.2, 0.25) is 0 Å². The number of nitrogens with zero attached hydrogens (tertiary/aromatic N) is 1. The SMILES string of the molecule is COc1ccc(CNC(=O)c2ccnc(NCc3ccccc3OC)c2)cc1. The molecule has 144 valence electrons. The lowest BCUT2D eigenvalue weighted by molar-refractivity contribution is 0.0951. The molecule has 6 heteroatoms. The van der Waals surface area contributed by atoms with Gasteiger partial charge < -0.3 is 20.1 Å². The summed E-state index contributed by atoms with van der Waals surface area (Å²) in [5.74, 6) is 2.07. The van der Waals surface area contributed by atoms with E-state index < -0.39 is 0 Å². The summed E-state index contributed by atoms with van der Waals surface area (Å²) in [5, 5.41) is 6.15. The fourth-order valence-electron chi connectivity index (χ4n) is 2.73. The van der Waals surface area contributed by atoms with E-state index in [1.54, 1.807) is 32.5 Å². The van der Waals surface area contributed by atoms with Crippen LogP contribution in [-0.2, 0) is 13.1 Å². The van der Waals surface area contributed by atoms with Gasteiger partial charge in [-0.25, -0.2) is 4.98 Å². The molecule has 0 radical (unpaired) electrons. The van der Waals surface area contributed by atoms with Gasteiger partial charge in [-0.15, -0.1) is 0 Å². The van der Waals surface area contributed by atoms with Crippen LogP contribution >= 0.6 is 0 Å². The van der Waals surface area contributed by atoms with Gasteiger partial charge in [0.25, 0.3) is 5.91 Å². The molecule has 0 saturated carbocycles. The van der Waals surface area contributed by atoms with Crippen LogP contribution < -0.4 is 20.1 Å². The van der Waals surface area contributed by atoms with E-state index in [9.17, 15) is 4.79 Å². The maximum Gasteiger partial charge on any atom is 0.251 e. The summed E-state index contributed by atoms with van der Waals surface area (Å²) in [6.07, 6.45) is 1.62. The molecule has 2 N–H and O–H groups in total. The number of carbonyl (C=O) groups excluding carboxylic acids is 1. The van der Waals surface area contributed by atoms with Crippen molar-refractivity contribution in [1.82, 2.24) is 10.3 Å². The van der Waals surface area contributed by atoms with Gasteiger partial charge in [-0.2, -0.15) is 0 Å². The second-order valence-electron chi connectivity index (χ2n) is 6.13. The summed E-state index contributed by atoms with van der Waals surface area (Å²) in [6, 6.07) is 18.8. The number of amides is 1. The number of methoxy groups -OCH3 is 2. The molecule has 0 aliphatic heterocycles. The second kappa shape index (κ2) is 9.41. The molecule has 0 atom stereocenters. The van der Waals surface area contributed by atoms with Crippen molar-refractivity contribution in [2.45, 2.75) is 13.1 Å². The lowest BCUT2D eigenvalue weighted by atomic mass is 10.2. The van der Waals surface area contributed by atoms with E-state index in [0.29, 0.717) is 24.5 Å². The molecule has 28 heavy (non-hydrogen) atoms. The molecule has 0 spiro atoms. The molecule has 0 fully saturated rings. The van der Waals surface area contributed by atoms with E-state index in [4.69, 9.17) is 9.47 Å². The highest BCUT2D eigenvalue weighted by atomic mass is 16.5. The van der Waals surface area contributed by atoms with Crippen LogP contribution in [0.15, 0.2) is 66.9 Å². The molecule has 1 amide bonds. The molecular formula is C22H23N3O3. The van der Waals surface area contributed by atoms with Crippen molar-refractivity contribution in [3.8, 4) is 11.5 Å². The van der Waals surface area contributed by atoms with Gasteiger partial charge >= 0.3 is 0 Å². The highest BCUT2D eigenvalue weighted by Gasteiger charge is 2.08. The Labute approximate surface area is 164 Å². The molecule has 1 heterocycles. The number of carbonyl (C=O) groups is 1. The Bertz CT molecular complexity index is 926. The summed E-state index contributed by atoms with van der Waals surface area (Å²) in [4.78, 5) is 16.7. The van der Waals surface area contributed by atoms with Crippen LogP contribution in [0.5, 0.6) is 11.5 Å². The van der Waals surface area contributed by atoms with E-state index in [1.165, 1.54) is 0 Å². The van der Waals surface area contributed by atoms with Crippen LogP contribution in [0.3, 0.4) is 0 Å². The fraction of sp³-hybridized carbons (Fsp3) is 0.182. The zero-order chi connectivity index (χ0) is 19.8. The number of hydrogen-bond donors (Lipinski definition) is 2. The lowest BCUT2D eigenvalue weighted by Gasteiger charge is -2.11. The number of aromatic nitrogens is 1. The largest absolute Gasteiger partial charge is 0.497 e. The standard InChI is InChI=1S/C22H23N3O3/c1-27-19-9-7-16(8-10-19)14-25-22(26)17-11-12-23-21(13-17)24-15-18-5-3-4-6-20(18)28-2/h3-13H,14-15H2,1-2H3,(H,23,24)(H,25,26). The molecule has 3 aromatic rings. The minimum Gasteiger partial charge on any atom is -0.497 e. The maximum atomic E-state index is 12.5. The molecule has 0 bridgehead atoms. The Morgan fingerprint density at radius 1 is 0.964 bits per heavy atom. The summed E-state index contributed by atoms with van der Waals surface area (Å²) in [5.41, 5.74) is 2.56. The number of anilines is 1. The third kappa shape index (κ3) is 5.01. The van der Waals surface area contributed by atoms with Gasteiger partial charge in [-0.1, -0.05) is 30.3 Å². The molecule has 0 aliphatic carbocycles.